The van der Waals surface area contributed by atoms with Gasteiger partial charge in [-0.2, -0.15) is 4.68 Å². The number of carbonyl (C=O) groups is 1. The highest BCUT2D eigenvalue weighted by Gasteiger charge is 2.18. The number of benzene rings is 2. The second kappa shape index (κ2) is 8.67. The van der Waals surface area contributed by atoms with Gasteiger partial charge in [0.15, 0.2) is 0 Å². The number of aliphatic hydroxyl groups excluding tert-OH is 1. The first-order valence-electron chi connectivity index (χ1n) is 9.18. The molecular weight excluding hydrogens is 356 g/mol. The number of carbonyl (C=O) groups excluding carboxylic acids is 1. The molecule has 1 heterocycles. The number of aliphatic hydroxyl groups is 1. The summed E-state index contributed by atoms with van der Waals surface area (Å²) >= 11 is 0. The van der Waals surface area contributed by atoms with Gasteiger partial charge in [0.1, 0.15) is 12.4 Å². The van der Waals surface area contributed by atoms with Crippen molar-refractivity contribution in [3.8, 4) is 5.69 Å². The van der Waals surface area contributed by atoms with Crippen LogP contribution >= 0.6 is 0 Å². The van der Waals surface area contributed by atoms with Gasteiger partial charge >= 0.3 is 5.69 Å². The Morgan fingerprint density at radius 2 is 1.93 bits per heavy atom. The van der Waals surface area contributed by atoms with E-state index in [0.29, 0.717) is 17.9 Å². The second-order valence-corrected chi connectivity index (χ2v) is 6.85. The lowest BCUT2D eigenvalue weighted by atomic mass is 10.1. The highest BCUT2D eigenvalue weighted by Crippen LogP contribution is 2.11. The van der Waals surface area contributed by atoms with E-state index in [-0.39, 0.29) is 30.8 Å². The van der Waals surface area contributed by atoms with Gasteiger partial charge in [0.05, 0.1) is 12.3 Å². The lowest BCUT2D eigenvalue weighted by molar-refractivity contribution is -0.122. The Hall–Kier alpha value is -3.19. The number of hydrogen-bond acceptors (Lipinski definition) is 4. The van der Waals surface area contributed by atoms with Crippen LogP contribution in [0.4, 0.5) is 0 Å². The summed E-state index contributed by atoms with van der Waals surface area (Å²) in [6.45, 7) is 3.32. The van der Waals surface area contributed by atoms with Gasteiger partial charge in [0.25, 0.3) is 0 Å². The molecule has 1 aromatic heterocycles. The Morgan fingerprint density at radius 1 is 1.18 bits per heavy atom. The zero-order valence-corrected chi connectivity index (χ0v) is 16.0. The maximum absolute atomic E-state index is 13.0. The Kier molecular flexibility index (Phi) is 6.06. The Bertz CT molecular complexity index is 1010. The summed E-state index contributed by atoms with van der Waals surface area (Å²) in [6, 6.07) is 16.8. The van der Waals surface area contributed by atoms with Gasteiger partial charge < -0.3 is 10.4 Å². The van der Waals surface area contributed by atoms with Crippen LogP contribution in [0.25, 0.3) is 5.69 Å². The molecule has 0 saturated carbocycles. The van der Waals surface area contributed by atoms with Crippen molar-refractivity contribution < 1.29 is 9.90 Å². The maximum Gasteiger partial charge on any atom is 0.351 e. The third kappa shape index (κ3) is 4.55. The summed E-state index contributed by atoms with van der Waals surface area (Å²) < 4.78 is 2.71. The minimum atomic E-state index is -0.382. The van der Waals surface area contributed by atoms with Crippen molar-refractivity contribution in [3.63, 3.8) is 0 Å². The van der Waals surface area contributed by atoms with E-state index in [1.54, 1.807) is 6.92 Å². The summed E-state index contributed by atoms with van der Waals surface area (Å²) in [7, 11) is 0. The van der Waals surface area contributed by atoms with Crippen LogP contribution in [-0.2, 0) is 17.8 Å². The summed E-state index contributed by atoms with van der Waals surface area (Å²) in [5.41, 5.74) is 2.29. The minimum Gasteiger partial charge on any atom is -0.394 e. The maximum atomic E-state index is 13.0. The number of nitrogens with one attached hydrogen (secondary N) is 1. The van der Waals surface area contributed by atoms with Crippen LogP contribution in [0.1, 0.15) is 23.9 Å². The number of hydrogen-bond donors (Lipinski definition) is 2. The normalized spacial score (nSPS) is 12.0. The Balaban J connectivity index is 1.99. The first kappa shape index (κ1) is 19.6. The van der Waals surface area contributed by atoms with Crippen molar-refractivity contribution in [1.82, 2.24) is 19.7 Å². The molecule has 0 aliphatic rings. The zero-order chi connectivity index (χ0) is 20.1. The molecule has 1 atom stereocenters. The molecule has 0 aliphatic carbocycles. The summed E-state index contributed by atoms with van der Waals surface area (Å²) in [5, 5.41) is 16.3. The monoisotopic (exact) mass is 380 g/mol. The molecule has 7 nitrogen and oxygen atoms in total. The van der Waals surface area contributed by atoms with Crippen LogP contribution in [-0.4, -0.2) is 38.0 Å². The first-order valence-corrected chi connectivity index (χ1v) is 9.18. The molecule has 0 saturated heterocycles. The molecule has 3 rings (SSSR count). The van der Waals surface area contributed by atoms with E-state index >= 15 is 0 Å². The van der Waals surface area contributed by atoms with Crippen LogP contribution in [0.3, 0.4) is 0 Å². The number of aryl methyl sites for hydroxylation is 1. The van der Waals surface area contributed by atoms with Gasteiger partial charge in [-0.3, -0.25) is 9.36 Å². The lowest BCUT2D eigenvalue weighted by Gasteiger charge is -2.11. The van der Waals surface area contributed by atoms with Crippen molar-refractivity contribution in [2.45, 2.75) is 32.9 Å². The second-order valence-electron chi connectivity index (χ2n) is 6.85. The molecule has 3 aromatic rings. The van der Waals surface area contributed by atoms with E-state index in [1.165, 1.54) is 9.25 Å². The molecule has 0 bridgehead atoms. The van der Waals surface area contributed by atoms with E-state index in [9.17, 15) is 9.59 Å². The Labute approximate surface area is 163 Å². The third-order valence-corrected chi connectivity index (χ3v) is 4.37. The average Bonchev–Trinajstić information content (AvgIpc) is 2.98. The van der Waals surface area contributed by atoms with Crippen molar-refractivity contribution >= 4 is 5.91 Å². The fourth-order valence-electron chi connectivity index (χ4n) is 2.94. The SMILES string of the molecule is Cc1cccc(-n2nc(Cc3ccccc3)n(CC(=O)N[C@@H](C)CO)c2=O)c1. The summed E-state index contributed by atoms with van der Waals surface area (Å²) in [5.74, 6) is 0.159. The number of nitrogens with zero attached hydrogens (tertiary/aromatic N) is 3. The predicted molar refractivity (Wildman–Crippen MR) is 106 cm³/mol. The van der Waals surface area contributed by atoms with E-state index < -0.39 is 0 Å². The zero-order valence-electron chi connectivity index (χ0n) is 16.0. The quantitative estimate of drug-likeness (QED) is 0.649. The summed E-state index contributed by atoms with van der Waals surface area (Å²) in [6.07, 6.45) is 0.428. The van der Waals surface area contributed by atoms with Crippen molar-refractivity contribution in [3.05, 3.63) is 82.0 Å². The lowest BCUT2D eigenvalue weighted by Crippen LogP contribution is -2.39. The van der Waals surface area contributed by atoms with Gasteiger partial charge in [0.2, 0.25) is 5.91 Å². The molecule has 0 radical (unpaired) electrons. The van der Waals surface area contributed by atoms with Crippen LogP contribution in [0, 0.1) is 6.92 Å². The number of amides is 1. The van der Waals surface area contributed by atoms with E-state index in [0.717, 1.165) is 11.1 Å². The molecule has 0 spiro atoms. The van der Waals surface area contributed by atoms with Crippen LogP contribution in [0.15, 0.2) is 59.4 Å². The molecule has 0 fully saturated rings. The van der Waals surface area contributed by atoms with Crippen molar-refractivity contribution in [2.24, 2.45) is 0 Å². The van der Waals surface area contributed by atoms with Gasteiger partial charge in [-0.05, 0) is 37.1 Å². The molecule has 7 heteroatoms. The van der Waals surface area contributed by atoms with Crippen LogP contribution in [0.2, 0.25) is 0 Å². The molecule has 1 amide bonds. The largest absolute Gasteiger partial charge is 0.394 e. The van der Waals surface area contributed by atoms with E-state index in [4.69, 9.17) is 5.11 Å². The molecule has 28 heavy (non-hydrogen) atoms. The summed E-state index contributed by atoms with van der Waals surface area (Å²) in [4.78, 5) is 25.3. The standard InChI is InChI=1S/C21H24N4O3/c1-15-7-6-10-18(11-15)25-21(28)24(13-20(27)22-16(2)14-26)19(23-25)12-17-8-4-3-5-9-17/h3-11,16,26H,12-14H2,1-2H3,(H,22,27)/t16-/m0/s1. The van der Waals surface area contributed by atoms with Gasteiger partial charge in [-0.15, -0.1) is 5.10 Å². The Morgan fingerprint density at radius 3 is 2.61 bits per heavy atom. The smallest absolute Gasteiger partial charge is 0.351 e. The van der Waals surface area contributed by atoms with Gasteiger partial charge in [-0.25, -0.2) is 4.79 Å². The first-order chi connectivity index (χ1) is 13.5. The highest BCUT2D eigenvalue weighted by molar-refractivity contribution is 5.76. The minimum absolute atomic E-state index is 0.156. The molecule has 146 valence electrons. The molecule has 0 unspecified atom stereocenters. The van der Waals surface area contributed by atoms with E-state index in [1.807, 2.05) is 61.5 Å². The third-order valence-electron chi connectivity index (χ3n) is 4.37. The fraction of sp³-hybridized carbons (Fsp3) is 0.286. The average molecular weight is 380 g/mol. The van der Waals surface area contributed by atoms with Gasteiger partial charge in [-0.1, -0.05) is 42.5 Å². The molecular formula is C21H24N4O3. The van der Waals surface area contributed by atoms with Crippen molar-refractivity contribution in [2.75, 3.05) is 6.61 Å². The predicted octanol–water partition coefficient (Wildman–Crippen LogP) is 1.43. The van der Waals surface area contributed by atoms with Crippen molar-refractivity contribution in [1.29, 1.82) is 0 Å². The number of rotatable bonds is 7. The van der Waals surface area contributed by atoms with Crippen LogP contribution in [0.5, 0.6) is 0 Å². The number of aromatic nitrogens is 3. The highest BCUT2D eigenvalue weighted by atomic mass is 16.3. The van der Waals surface area contributed by atoms with E-state index in [2.05, 4.69) is 10.4 Å². The molecule has 2 aromatic carbocycles. The molecule has 2 N–H and O–H groups in total. The van der Waals surface area contributed by atoms with Gasteiger partial charge in [0, 0.05) is 12.5 Å². The molecule has 0 aliphatic heterocycles. The topological polar surface area (TPSA) is 89.2 Å². The van der Waals surface area contributed by atoms with Crippen LogP contribution < -0.4 is 11.0 Å². The fourth-order valence-corrected chi connectivity index (χ4v) is 2.94.